The van der Waals surface area contributed by atoms with Crippen LogP contribution in [0.1, 0.15) is 21.5 Å². The van der Waals surface area contributed by atoms with Crippen molar-refractivity contribution in [2.24, 2.45) is 5.10 Å². The molecule has 4 heteroatoms. The van der Waals surface area contributed by atoms with Gasteiger partial charge in [-0.2, -0.15) is 5.10 Å². The molecule has 0 bridgehead atoms. The monoisotopic (exact) mass is 372 g/mol. The molecule has 0 aliphatic rings. The molecular weight excluding hydrogens is 348 g/mol. The first kappa shape index (κ1) is 18.8. The van der Waals surface area contributed by atoms with E-state index in [1.807, 2.05) is 78.9 Å². The molecule has 0 heterocycles. The number of hydrazone groups is 1. The lowest BCUT2D eigenvalue weighted by atomic mass is 10.0. The van der Waals surface area contributed by atoms with Crippen LogP contribution in [0, 0.1) is 0 Å². The maximum Gasteiger partial charge on any atom is 0.213 e. The number of hydrogen-bond acceptors (Lipinski definition) is 3. The predicted molar refractivity (Wildman–Crippen MR) is 115 cm³/mol. The average molecular weight is 373 g/mol. The van der Waals surface area contributed by atoms with E-state index in [2.05, 4.69) is 29.9 Å². The summed E-state index contributed by atoms with van der Waals surface area (Å²) in [5.41, 5.74) is 3.20. The van der Waals surface area contributed by atoms with Gasteiger partial charge in [-0.25, -0.2) is 0 Å². The smallest absolute Gasteiger partial charge is 0.213 e. The van der Waals surface area contributed by atoms with Gasteiger partial charge in [-0.1, -0.05) is 104 Å². The quantitative estimate of drug-likeness (QED) is 0.259. The first-order valence-electron chi connectivity index (χ1n) is 9.19. The van der Waals surface area contributed by atoms with E-state index < -0.39 is 8.96 Å². The van der Waals surface area contributed by atoms with Crippen molar-refractivity contribution in [3.05, 3.63) is 108 Å². The molecule has 0 radical (unpaired) electrons. The van der Waals surface area contributed by atoms with Gasteiger partial charge in [0.15, 0.2) is 8.96 Å². The second kappa shape index (κ2) is 9.10. The molecule has 27 heavy (non-hydrogen) atoms. The van der Waals surface area contributed by atoms with E-state index in [9.17, 15) is 4.79 Å². The van der Waals surface area contributed by atoms with Crippen LogP contribution in [-0.2, 0) is 6.54 Å². The molecule has 136 valence electrons. The molecule has 0 amide bonds. The maximum atomic E-state index is 13.2. The Kier molecular flexibility index (Phi) is 6.33. The van der Waals surface area contributed by atoms with Crippen molar-refractivity contribution in [3.8, 4) is 0 Å². The van der Waals surface area contributed by atoms with Gasteiger partial charge in [-0.3, -0.25) is 4.79 Å². The van der Waals surface area contributed by atoms with Gasteiger partial charge in [0.1, 0.15) is 5.71 Å². The molecule has 0 fully saturated rings. The van der Waals surface area contributed by atoms with Gasteiger partial charge in [0.25, 0.3) is 0 Å². The number of hydrogen-bond donors (Lipinski definition) is 0. The van der Waals surface area contributed by atoms with Crippen molar-refractivity contribution < 1.29 is 4.79 Å². The van der Waals surface area contributed by atoms with E-state index in [1.165, 1.54) is 5.56 Å². The fourth-order valence-corrected chi connectivity index (χ4v) is 3.71. The van der Waals surface area contributed by atoms with Gasteiger partial charge < -0.3 is 4.67 Å². The normalized spacial score (nSPS) is 11.4. The third-order valence-electron chi connectivity index (χ3n) is 4.31. The molecule has 0 saturated heterocycles. The first-order valence-corrected chi connectivity index (χ1v) is 12.0. The third kappa shape index (κ3) is 5.02. The van der Waals surface area contributed by atoms with Crippen LogP contribution in [-0.4, -0.2) is 25.1 Å². The summed E-state index contributed by atoms with van der Waals surface area (Å²) in [6, 6.07) is 29.4. The molecule has 0 saturated carbocycles. The van der Waals surface area contributed by atoms with Crippen LogP contribution in [0.4, 0.5) is 0 Å². The van der Waals surface area contributed by atoms with Crippen molar-refractivity contribution in [3.63, 3.8) is 0 Å². The predicted octanol–water partition coefficient (Wildman–Crippen LogP) is 4.76. The highest BCUT2D eigenvalue weighted by Gasteiger charge is 2.19. The number of Topliss-reactive ketones (excluding diaryl/α,β-unsaturated/α-hetero) is 1. The van der Waals surface area contributed by atoms with Gasteiger partial charge in [0.2, 0.25) is 5.78 Å². The Balaban J connectivity index is 2.01. The maximum absolute atomic E-state index is 13.2. The summed E-state index contributed by atoms with van der Waals surface area (Å²) in [6.07, 6.45) is 0. The summed E-state index contributed by atoms with van der Waals surface area (Å²) in [6.45, 7) is 5.16. The fourth-order valence-electron chi connectivity index (χ4n) is 2.79. The molecule has 0 unspecified atom stereocenters. The minimum Gasteiger partial charge on any atom is -0.323 e. The highest BCUT2D eigenvalue weighted by molar-refractivity contribution is 6.54. The zero-order valence-corrected chi connectivity index (χ0v) is 16.9. The molecule has 3 aromatic carbocycles. The Labute approximate surface area is 162 Å². The van der Waals surface area contributed by atoms with E-state index in [0.717, 1.165) is 5.56 Å². The topological polar surface area (TPSA) is 32.7 Å². The summed E-state index contributed by atoms with van der Waals surface area (Å²) >= 11 is 0. The van der Waals surface area contributed by atoms with Crippen LogP contribution in [0.25, 0.3) is 0 Å². The lowest BCUT2D eigenvalue weighted by Gasteiger charge is -2.24. The van der Waals surface area contributed by atoms with Gasteiger partial charge in [0, 0.05) is 11.1 Å². The Morgan fingerprint density at radius 2 is 1.26 bits per heavy atom. The lowest BCUT2D eigenvalue weighted by molar-refractivity contribution is 0.106. The molecule has 3 rings (SSSR count). The minimum absolute atomic E-state index is 0.0467. The largest absolute Gasteiger partial charge is 0.323 e. The third-order valence-corrected chi connectivity index (χ3v) is 5.80. The van der Waals surface area contributed by atoms with Crippen molar-refractivity contribution >= 4 is 20.5 Å². The lowest BCUT2D eigenvalue weighted by Crippen LogP contribution is -2.32. The van der Waals surface area contributed by atoms with E-state index in [4.69, 9.17) is 5.10 Å². The summed E-state index contributed by atoms with van der Waals surface area (Å²) in [4.78, 5) is 13.2. The number of carbonyl (C=O) groups is 1. The molecule has 0 atom stereocenters. The number of carbonyl (C=O) groups excluding carboxylic acids is 1. The van der Waals surface area contributed by atoms with Crippen molar-refractivity contribution in [2.45, 2.75) is 19.6 Å². The van der Waals surface area contributed by atoms with E-state index in [-0.39, 0.29) is 5.78 Å². The minimum atomic E-state index is -1.28. The van der Waals surface area contributed by atoms with Crippen LogP contribution in [0.15, 0.2) is 96.1 Å². The average Bonchev–Trinajstić information content (AvgIpc) is 2.72. The molecule has 0 spiro atoms. The van der Waals surface area contributed by atoms with Crippen molar-refractivity contribution in [2.75, 3.05) is 0 Å². The van der Waals surface area contributed by atoms with Crippen LogP contribution in [0.5, 0.6) is 0 Å². The molecule has 3 aromatic rings. The van der Waals surface area contributed by atoms with Gasteiger partial charge in [-0.05, 0) is 5.56 Å². The Morgan fingerprint density at radius 1 is 0.778 bits per heavy atom. The summed E-state index contributed by atoms with van der Waals surface area (Å²) in [7, 11) is -1.28. The zero-order chi connectivity index (χ0) is 19.1. The zero-order valence-electron chi connectivity index (χ0n) is 15.7. The van der Waals surface area contributed by atoms with Crippen LogP contribution in [0.2, 0.25) is 13.1 Å². The molecule has 0 N–H and O–H groups in total. The SMILES string of the molecule is C[SiH](C)N(Cc1ccccc1)N=C(C(=O)c1ccccc1)c1ccccc1. The van der Waals surface area contributed by atoms with Gasteiger partial charge >= 0.3 is 0 Å². The highest BCUT2D eigenvalue weighted by Crippen LogP contribution is 2.13. The molecular formula is C23H24N2OSi. The number of benzene rings is 3. The highest BCUT2D eigenvalue weighted by atomic mass is 28.3. The number of nitrogens with zero attached hydrogens (tertiary/aromatic N) is 2. The van der Waals surface area contributed by atoms with E-state index >= 15 is 0 Å². The standard InChI is InChI=1S/C23H24N2OSi/c1-27(2)25(18-19-12-6-3-7-13-19)24-22(20-14-8-4-9-15-20)23(26)21-16-10-5-11-17-21/h3-17,27H,18H2,1-2H3. The van der Waals surface area contributed by atoms with Gasteiger partial charge in [-0.15, -0.1) is 0 Å². The second-order valence-corrected chi connectivity index (χ2v) is 9.47. The number of ketones is 1. The van der Waals surface area contributed by atoms with Crippen LogP contribution < -0.4 is 0 Å². The molecule has 3 nitrogen and oxygen atoms in total. The first-order chi connectivity index (χ1) is 13.1. The molecule has 0 aliphatic heterocycles. The molecule has 0 aliphatic carbocycles. The summed E-state index contributed by atoms with van der Waals surface area (Å²) in [5, 5.41) is 4.88. The number of rotatable bonds is 7. The molecule has 0 aromatic heterocycles. The van der Waals surface area contributed by atoms with Crippen LogP contribution in [0.3, 0.4) is 0 Å². The second-order valence-electron chi connectivity index (χ2n) is 6.69. The van der Waals surface area contributed by atoms with E-state index in [1.54, 1.807) is 0 Å². The van der Waals surface area contributed by atoms with Gasteiger partial charge in [0.05, 0.1) is 6.54 Å². The van der Waals surface area contributed by atoms with Crippen LogP contribution >= 0.6 is 0 Å². The van der Waals surface area contributed by atoms with Crippen molar-refractivity contribution in [1.29, 1.82) is 0 Å². The Bertz CT molecular complexity index is 893. The Morgan fingerprint density at radius 3 is 1.78 bits per heavy atom. The summed E-state index contributed by atoms with van der Waals surface area (Å²) < 4.78 is 2.11. The fraction of sp³-hybridized carbons (Fsp3) is 0.130. The van der Waals surface area contributed by atoms with Crippen molar-refractivity contribution in [1.82, 2.24) is 4.67 Å². The summed E-state index contributed by atoms with van der Waals surface area (Å²) in [5.74, 6) is -0.0467. The Hall–Kier alpha value is -2.98. The van der Waals surface area contributed by atoms with E-state index in [0.29, 0.717) is 17.8 Å².